The number of rotatable bonds is 7. The van der Waals surface area contributed by atoms with Crippen LogP contribution in [0.25, 0.3) is 0 Å². The van der Waals surface area contributed by atoms with Crippen molar-refractivity contribution in [3.05, 3.63) is 52.8 Å². The molecule has 152 valence electrons. The van der Waals surface area contributed by atoms with Crippen LogP contribution in [0.1, 0.15) is 41.2 Å². The van der Waals surface area contributed by atoms with Crippen LogP contribution in [0, 0.1) is 13.8 Å². The molecule has 0 saturated carbocycles. The molecule has 5 heteroatoms. The van der Waals surface area contributed by atoms with Gasteiger partial charge in [-0.3, -0.25) is 9.69 Å². The Morgan fingerprint density at radius 1 is 1.14 bits per heavy atom. The maximum Gasteiger partial charge on any atom is 0.178 e. The number of ketones is 1. The Labute approximate surface area is 168 Å². The van der Waals surface area contributed by atoms with E-state index in [4.69, 9.17) is 9.47 Å². The minimum atomic E-state index is 0.175. The summed E-state index contributed by atoms with van der Waals surface area (Å²) < 4.78 is 13.2. The van der Waals surface area contributed by atoms with E-state index in [9.17, 15) is 4.79 Å². The van der Waals surface area contributed by atoms with Gasteiger partial charge in [-0.2, -0.15) is 0 Å². The number of hydrogen-bond donors (Lipinski definition) is 0. The molecular formula is C23H32N2O3. The number of carbonyl (C=O) groups excluding carboxylic acids is 1. The van der Waals surface area contributed by atoms with Gasteiger partial charge in [0.1, 0.15) is 5.75 Å². The molecule has 0 radical (unpaired) electrons. The Bertz CT molecular complexity index is 800. The minimum absolute atomic E-state index is 0.175. The second kappa shape index (κ2) is 8.93. The lowest BCUT2D eigenvalue weighted by Crippen LogP contribution is -2.47. The van der Waals surface area contributed by atoms with Crippen molar-refractivity contribution in [3.63, 3.8) is 0 Å². The highest BCUT2D eigenvalue weighted by Crippen LogP contribution is 2.19. The van der Waals surface area contributed by atoms with Gasteiger partial charge in [0.15, 0.2) is 5.78 Å². The lowest BCUT2D eigenvalue weighted by molar-refractivity contribution is -0.0652. The van der Waals surface area contributed by atoms with Crippen LogP contribution in [0.5, 0.6) is 5.75 Å². The number of benzene rings is 1. The van der Waals surface area contributed by atoms with Crippen LogP contribution in [0.2, 0.25) is 0 Å². The fraction of sp³-hybridized carbons (Fsp3) is 0.522. The van der Waals surface area contributed by atoms with Crippen molar-refractivity contribution in [1.82, 2.24) is 9.47 Å². The molecule has 2 heterocycles. The molecule has 0 bridgehead atoms. The molecule has 2 aromatic rings. The SMILES string of the molecule is COc1ccc(CCn2c(C)cc(C(=O)CN3C[C@@H](C)O[C@@H](C)C3)c2C)cc1. The van der Waals surface area contributed by atoms with Crippen molar-refractivity contribution in [3.8, 4) is 5.75 Å². The molecule has 1 fully saturated rings. The second-order valence-electron chi connectivity index (χ2n) is 7.91. The summed E-state index contributed by atoms with van der Waals surface area (Å²) in [6.07, 6.45) is 1.27. The van der Waals surface area contributed by atoms with E-state index >= 15 is 0 Å². The van der Waals surface area contributed by atoms with Gasteiger partial charge in [0.05, 0.1) is 25.9 Å². The Hall–Kier alpha value is -2.11. The third-order valence-corrected chi connectivity index (χ3v) is 5.52. The number of nitrogens with zero attached hydrogens (tertiary/aromatic N) is 2. The molecule has 1 aromatic heterocycles. The van der Waals surface area contributed by atoms with Crippen LogP contribution < -0.4 is 4.74 Å². The third kappa shape index (κ3) is 4.83. The van der Waals surface area contributed by atoms with Crippen molar-refractivity contribution in [2.75, 3.05) is 26.7 Å². The fourth-order valence-corrected chi connectivity index (χ4v) is 4.16. The average molecular weight is 385 g/mol. The van der Waals surface area contributed by atoms with Crippen molar-refractivity contribution in [2.45, 2.75) is 52.9 Å². The van der Waals surface area contributed by atoms with E-state index in [0.717, 1.165) is 48.8 Å². The minimum Gasteiger partial charge on any atom is -0.497 e. The predicted molar refractivity (Wildman–Crippen MR) is 111 cm³/mol. The van der Waals surface area contributed by atoms with Gasteiger partial charge in [-0.25, -0.2) is 0 Å². The fourth-order valence-electron chi connectivity index (χ4n) is 4.16. The normalized spacial score (nSPS) is 20.3. The van der Waals surface area contributed by atoms with Gasteiger partial charge in [0, 0.05) is 36.6 Å². The Kier molecular flexibility index (Phi) is 6.57. The number of Topliss-reactive ketones (excluding diaryl/α,β-unsaturated/α-hetero) is 1. The third-order valence-electron chi connectivity index (χ3n) is 5.52. The van der Waals surface area contributed by atoms with Crippen LogP contribution in [-0.4, -0.2) is 54.2 Å². The summed E-state index contributed by atoms with van der Waals surface area (Å²) in [5.41, 5.74) is 4.31. The van der Waals surface area contributed by atoms with E-state index in [-0.39, 0.29) is 18.0 Å². The molecule has 0 N–H and O–H groups in total. The molecule has 2 atom stereocenters. The largest absolute Gasteiger partial charge is 0.497 e. The van der Waals surface area contributed by atoms with Gasteiger partial charge in [-0.1, -0.05) is 12.1 Å². The molecule has 0 spiro atoms. The smallest absolute Gasteiger partial charge is 0.178 e. The van der Waals surface area contributed by atoms with E-state index in [1.54, 1.807) is 7.11 Å². The molecule has 0 aliphatic carbocycles. The van der Waals surface area contributed by atoms with Gasteiger partial charge < -0.3 is 14.0 Å². The number of morpholine rings is 1. The van der Waals surface area contributed by atoms with Crippen molar-refractivity contribution >= 4 is 5.78 Å². The van der Waals surface area contributed by atoms with Crippen molar-refractivity contribution in [1.29, 1.82) is 0 Å². The van der Waals surface area contributed by atoms with Gasteiger partial charge in [-0.15, -0.1) is 0 Å². The summed E-state index contributed by atoms with van der Waals surface area (Å²) in [6.45, 7) is 11.2. The summed E-state index contributed by atoms with van der Waals surface area (Å²) in [6, 6.07) is 10.2. The predicted octanol–water partition coefficient (Wildman–Crippen LogP) is 3.65. The van der Waals surface area contributed by atoms with E-state index in [0.29, 0.717) is 6.54 Å². The van der Waals surface area contributed by atoms with Crippen LogP contribution >= 0.6 is 0 Å². The number of methoxy groups -OCH3 is 1. The standard InChI is InChI=1S/C23H32N2O3/c1-16-12-22(23(26)15-24-13-17(2)28-18(3)14-24)19(4)25(16)11-10-20-6-8-21(27-5)9-7-20/h6-9,12,17-18H,10-11,13-15H2,1-5H3/t17-,18+. The van der Waals surface area contributed by atoms with E-state index < -0.39 is 0 Å². The quantitative estimate of drug-likeness (QED) is 0.684. The van der Waals surface area contributed by atoms with Gasteiger partial charge in [0.2, 0.25) is 0 Å². The van der Waals surface area contributed by atoms with E-state index in [1.165, 1.54) is 5.56 Å². The maximum atomic E-state index is 12.9. The Morgan fingerprint density at radius 2 is 1.79 bits per heavy atom. The van der Waals surface area contributed by atoms with Crippen molar-refractivity contribution in [2.24, 2.45) is 0 Å². The summed E-state index contributed by atoms with van der Waals surface area (Å²) >= 11 is 0. The van der Waals surface area contributed by atoms with Gasteiger partial charge in [0.25, 0.3) is 0 Å². The van der Waals surface area contributed by atoms with Crippen LogP contribution in [0.4, 0.5) is 0 Å². The van der Waals surface area contributed by atoms with Crippen LogP contribution in [0.15, 0.2) is 30.3 Å². The lowest BCUT2D eigenvalue weighted by atomic mass is 10.1. The molecular weight excluding hydrogens is 352 g/mol. The number of hydrogen-bond acceptors (Lipinski definition) is 4. The molecule has 5 nitrogen and oxygen atoms in total. The number of aromatic nitrogens is 1. The number of ether oxygens (including phenoxy) is 2. The van der Waals surface area contributed by atoms with Crippen molar-refractivity contribution < 1.29 is 14.3 Å². The zero-order valence-electron chi connectivity index (χ0n) is 17.7. The Morgan fingerprint density at radius 3 is 2.39 bits per heavy atom. The Balaban J connectivity index is 1.65. The topological polar surface area (TPSA) is 43.7 Å². The number of carbonyl (C=O) groups is 1. The first-order valence-corrected chi connectivity index (χ1v) is 10.1. The lowest BCUT2D eigenvalue weighted by Gasteiger charge is -2.34. The van der Waals surface area contributed by atoms with E-state index in [2.05, 4.69) is 49.3 Å². The average Bonchev–Trinajstić information content (AvgIpc) is 2.93. The first-order chi connectivity index (χ1) is 13.4. The summed E-state index contributed by atoms with van der Waals surface area (Å²) in [5, 5.41) is 0. The van der Waals surface area contributed by atoms with Gasteiger partial charge in [-0.05, 0) is 57.9 Å². The molecule has 28 heavy (non-hydrogen) atoms. The second-order valence-corrected chi connectivity index (χ2v) is 7.91. The molecule has 3 rings (SSSR count). The highest BCUT2D eigenvalue weighted by atomic mass is 16.5. The maximum absolute atomic E-state index is 12.9. The first kappa shape index (κ1) is 20.6. The summed E-state index contributed by atoms with van der Waals surface area (Å²) in [5.74, 6) is 1.07. The van der Waals surface area contributed by atoms with Gasteiger partial charge >= 0.3 is 0 Å². The van der Waals surface area contributed by atoms with E-state index in [1.807, 2.05) is 18.2 Å². The first-order valence-electron chi connectivity index (χ1n) is 10.1. The highest BCUT2D eigenvalue weighted by Gasteiger charge is 2.25. The molecule has 1 saturated heterocycles. The molecule has 1 aliphatic rings. The molecule has 1 aliphatic heterocycles. The highest BCUT2D eigenvalue weighted by molar-refractivity contribution is 5.99. The number of aryl methyl sites for hydroxylation is 2. The zero-order valence-corrected chi connectivity index (χ0v) is 17.7. The zero-order chi connectivity index (χ0) is 20.3. The summed E-state index contributed by atoms with van der Waals surface area (Å²) in [7, 11) is 1.68. The monoisotopic (exact) mass is 384 g/mol. The summed E-state index contributed by atoms with van der Waals surface area (Å²) in [4.78, 5) is 15.2. The van der Waals surface area contributed by atoms with Crippen LogP contribution in [0.3, 0.4) is 0 Å². The molecule has 0 amide bonds. The van der Waals surface area contributed by atoms with Crippen LogP contribution in [-0.2, 0) is 17.7 Å². The molecule has 1 aromatic carbocycles. The molecule has 0 unspecified atom stereocenters.